The number of nitrogens with zero attached hydrogens (tertiary/aromatic N) is 4. The Bertz CT molecular complexity index is 857. The third kappa shape index (κ3) is 5.21. The lowest BCUT2D eigenvalue weighted by Gasteiger charge is -2.11. The minimum atomic E-state index is -0.181. The second-order valence-corrected chi connectivity index (χ2v) is 6.91. The Kier molecular flexibility index (Phi) is 7.22. The summed E-state index contributed by atoms with van der Waals surface area (Å²) in [5, 5.41) is 10.9. The zero-order valence-electron chi connectivity index (χ0n) is 16.5. The molecule has 1 aliphatic heterocycles. The molecule has 1 aliphatic rings. The average molecular weight is 388 g/mol. The molecule has 0 saturated carbocycles. The van der Waals surface area contributed by atoms with E-state index in [-0.39, 0.29) is 11.5 Å². The number of guanidine groups is 1. The van der Waals surface area contributed by atoms with Crippen molar-refractivity contribution in [2.24, 2.45) is 4.99 Å². The van der Waals surface area contributed by atoms with Crippen molar-refractivity contribution in [1.82, 2.24) is 25.0 Å². The third-order valence-electron chi connectivity index (χ3n) is 4.82. The lowest BCUT2D eigenvalue weighted by molar-refractivity contribution is 0.509. The molecule has 0 spiro atoms. The summed E-state index contributed by atoms with van der Waals surface area (Å²) in [7, 11) is 0. The standard InChI is InChI=1S/C20H29FN6O/c1-2-22-19(24-13-11-16-8-3-4-9-17(16)21)23-12-7-15-27-20(28)26-14-6-5-10-18(26)25-27/h3-4,8-9H,2,5-7,10-15H2,1H3,(H2,22,23,24). The Labute approximate surface area is 164 Å². The van der Waals surface area contributed by atoms with Crippen LogP contribution in [-0.2, 0) is 25.9 Å². The van der Waals surface area contributed by atoms with E-state index >= 15 is 0 Å². The van der Waals surface area contributed by atoms with Gasteiger partial charge < -0.3 is 10.6 Å². The van der Waals surface area contributed by atoms with E-state index in [4.69, 9.17) is 0 Å². The first-order chi connectivity index (χ1) is 13.7. The smallest absolute Gasteiger partial charge is 0.345 e. The lowest BCUT2D eigenvalue weighted by Crippen LogP contribution is -2.38. The normalized spacial score (nSPS) is 14.0. The number of hydrogen-bond acceptors (Lipinski definition) is 3. The van der Waals surface area contributed by atoms with Gasteiger partial charge in [-0.3, -0.25) is 9.56 Å². The van der Waals surface area contributed by atoms with Crippen LogP contribution in [0.4, 0.5) is 4.39 Å². The molecular formula is C20H29FN6O. The summed E-state index contributed by atoms with van der Waals surface area (Å²) < 4.78 is 17.0. The quantitative estimate of drug-likeness (QED) is 0.410. The molecule has 0 saturated heterocycles. The molecule has 0 unspecified atom stereocenters. The molecular weight excluding hydrogens is 359 g/mol. The number of benzene rings is 1. The van der Waals surface area contributed by atoms with Crippen molar-refractivity contribution in [1.29, 1.82) is 0 Å². The minimum absolute atomic E-state index is 0.00593. The molecule has 2 N–H and O–H groups in total. The Morgan fingerprint density at radius 2 is 2.14 bits per heavy atom. The number of halogens is 1. The first kappa shape index (κ1) is 20.1. The molecule has 2 aromatic rings. The van der Waals surface area contributed by atoms with Gasteiger partial charge >= 0.3 is 5.69 Å². The van der Waals surface area contributed by atoms with Gasteiger partial charge in [0.25, 0.3) is 0 Å². The zero-order valence-corrected chi connectivity index (χ0v) is 16.5. The van der Waals surface area contributed by atoms with Crippen molar-refractivity contribution in [3.05, 3.63) is 52.0 Å². The van der Waals surface area contributed by atoms with Gasteiger partial charge in [-0.1, -0.05) is 18.2 Å². The summed E-state index contributed by atoms with van der Waals surface area (Å²) in [6, 6.07) is 6.81. The van der Waals surface area contributed by atoms with Crippen molar-refractivity contribution in [2.75, 3.05) is 19.6 Å². The molecule has 8 heteroatoms. The fourth-order valence-corrected chi connectivity index (χ4v) is 3.36. The number of rotatable bonds is 8. The van der Waals surface area contributed by atoms with Gasteiger partial charge in [-0.25, -0.2) is 13.9 Å². The SMILES string of the molecule is CCNC(=NCCCn1nc2n(c1=O)CCCC2)NCCc1ccccc1F. The van der Waals surface area contributed by atoms with Crippen LogP contribution in [-0.4, -0.2) is 39.9 Å². The van der Waals surface area contributed by atoms with E-state index in [2.05, 4.69) is 20.7 Å². The first-order valence-corrected chi connectivity index (χ1v) is 10.1. The largest absolute Gasteiger partial charge is 0.357 e. The zero-order chi connectivity index (χ0) is 19.8. The molecule has 7 nitrogen and oxygen atoms in total. The highest BCUT2D eigenvalue weighted by Gasteiger charge is 2.16. The van der Waals surface area contributed by atoms with Crippen molar-refractivity contribution < 1.29 is 4.39 Å². The monoisotopic (exact) mass is 388 g/mol. The van der Waals surface area contributed by atoms with E-state index < -0.39 is 0 Å². The summed E-state index contributed by atoms with van der Waals surface area (Å²) in [4.78, 5) is 16.9. The van der Waals surface area contributed by atoms with Gasteiger partial charge in [-0.2, -0.15) is 5.10 Å². The minimum Gasteiger partial charge on any atom is -0.357 e. The molecule has 0 bridgehead atoms. The number of aryl methyl sites for hydroxylation is 2. The van der Waals surface area contributed by atoms with E-state index in [1.54, 1.807) is 21.4 Å². The van der Waals surface area contributed by atoms with E-state index in [0.717, 1.165) is 44.6 Å². The molecule has 1 aromatic heterocycles. The maximum atomic E-state index is 13.7. The topological polar surface area (TPSA) is 76.2 Å². The lowest BCUT2D eigenvalue weighted by atomic mass is 10.1. The van der Waals surface area contributed by atoms with Crippen molar-refractivity contribution in [3.63, 3.8) is 0 Å². The Morgan fingerprint density at radius 1 is 1.29 bits per heavy atom. The molecule has 0 aliphatic carbocycles. The number of hydrogen-bond donors (Lipinski definition) is 2. The molecule has 28 heavy (non-hydrogen) atoms. The fraction of sp³-hybridized carbons (Fsp3) is 0.550. The van der Waals surface area contributed by atoms with Crippen LogP contribution < -0.4 is 16.3 Å². The molecule has 152 valence electrons. The van der Waals surface area contributed by atoms with Crippen molar-refractivity contribution in [3.8, 4) is 0 Å². The van der Waals surface area contributed by atoms with E-state index in [1.807, 2.05) is 13.0 Å². The summed E-state index contributed by atoms with van der Waals surface area (Å²) in [5.74, 6) is 1.43. The van der Waals surface area contributed by atoms with Crippen molar-refractivity contribution in [2.45, 2.75) is 52.1 Å². The molecule has 0 fully saturated rings. The van der Waals surface area contributed by atoms with Crippen molar-refractivity contribution >= 4 is 5.96 Å². The predicted molar refractivity (Wildman–Crippen MR) is 108 cm³/mol. The number of fused-ring (bicyclic) bond motifs is 1. The third-order valence-corrected chi connectivity index (χ3v) is 4.82. The first-order valence-electron chi connectivity index (χ1n) is 10.1. The molecule has 0 atom stereocenters. The van der Waals surface area contributed by atoms with E-state index in [0.29, 0.717) is 37.6 Å². The highest BCUT2D eigenvalue weighted by atomic mass is 19.1. The van der Waals surface area contributed by atoms with Crippen LogP contribution in [0.25, 0.3) is 0 Å². The van der Waals surface area contributed by atoms with Gasteiger partial charge in [0.05, 0.1) is 0 Å². The predicted octanol–water partition coefficient (Wildman–Crippen LogP) is 1.71. The highest BCUT2D eigenvalue weighted by molar-refractivity contribution is 5.79. The van der Waals surface area contributed by atoms with E-state index in [9.17, 15) is 9.18 Å². The van der Waals surface area contributed by atoms with Crippen LogP contribution in [0.15, 0.2) is 34.1 Å². The van der Waals surface area contributed by atoms with Crippen LogP contribution in [0.1, 0.15) is 37.6 Å². The molecule has 0 amide bonds. The van der Waals surface area contributed by atoms with Gasteiger partial charge in [0.2, 0.25) is 0 Å². The van der Waals surface area contributed by atoms with Gasteiger partial charge in [-0.15, -0.1) is 0 Å². The maximum absolute atomic E-state index is 13.7. The van der Waals surface area contributed by atoms with Gasteiger partial charge in [-0.05, 0) is 44.2 Å². The molecule has 3 rings (SSSR count). The Hall–Kier alpha value is -2.64. The van der Waals surface area contributed by atoms with Gasteiger partial charge in [0.15, 0.2) is 5.96 Å². The summed E-state index contributed by atoms with van der Waals surface area (Å²) >= 11 is 0. The number of nitrogens with one attached hydrogen (secondary N) is 2. The van der Waals surface area contributed by atoms with Gasteiger partial charge in [0, 0.05) is 39.1 Å². The number of aromatic nitrogens is 3. The molecule has 1 aromatic carbocycles. The van der Waals surface area contributed by atoms with E-state index in [1.165, 1.54) is 6.07 Å². The Morgan fingerprint density at radius 3 is 2.93 bits per heavy atom. The van der Waals surface area contributed by atoms with Crippen LogP contribution >= 0.6 is 0 Å². The second kappa shape index (κ2) is 10.1. The fourth-order valence-electron chi connectivity index (χ4n) is 3.36. The summed E-state index contributed by atoms with van der Waals surface area (Å²) in [5.41, 5.74) is 0.683. The number of aliphatic imine (C=N–C) groups is 1. The molecule has 0 radical (unpaired) electrons. The van der Waals surface area contributed by atoms with Crippen LogP contribution in [0, 0.1) is 5.82 Å². The average Bonchev–Trinajstić information content (AvgIpc) is 3.02. The van der Waals surface area contributed by atoms with Crippen LogP contribution in [0.2, 0.25) is 0 Å². The van der Waals surface area contributed by atoms with Crippen LogP contribution in [0.3, 0.4) is 0 Å². The molecule has 2 heterocycles. The van der Waals surface area contributed by atoms with Crippen LogP contribution in [0.5, 0.6) is 0 Å². The summed E-state index contributed by atoms with van der Waals surface area (Å²) in [6.07, 6.45) is 4.36. The summed E-state index contributed by atoms with van der Waals surface area (Å²) in [6.45, 7) is 5.28. The second-order valence-electron chi connectivity index (χ2n) is 6.91. The highest BCUT2D eigenvalue weighted by Crippen LogP contribution is 2.09. The maximum Gasteiger partial charge on any atom is 0.345 e. The van der Waals surface area contributed by atoms with Gasteiger partial charge in [0.1, 0.15) is 11.6 Å². The Balaban J connectivity index is 1.47.